The molecular weight excluding hydrogens is 274 g/mol. The maximum Gasteiger partial charge on any atom is 0.124 e. The molecule has 0 saturated heterocycles. The molecule has 120 valence electrons. The normalized spacial score (nSPS) is 27.4. The number of hydrogen-bond acceptors (Lipinski definition) is 3. The summed E-state index contributed by atoms with van der Waals surface area (Å²) in [7, 11) is 0. The predicted octanol–water partition coefficient (Wildman–Crippen LogP) is 3.57. The van der Waals surface area contributed by atoms with Gasteiger partial charge in [0.05, 0.1) is 0 Å². The largest absolute Gasteiger partial charge is 0.487 e. The molecule has 1 aliphatic heterocycles. The second-order valence-corrected chi connectivity index (χ2v) is 7.41. The number of ether oxygens (including phenoxy) is 1. The van der Waals surface area contributed by atoms with E-state index >= 15 is 0 Å². The van der Waals surface area contributed by atoms with Crippen LogP contribution in [0.2, 0.25) is 0 Å². The van der Waals surface area contributed by atoms with E-state index in [-0.39, 0.29) is 12.2 Å². The monoisotopic (exact) mass is 301 g/mol. The summed E-state index contributed by atoms with van der Waals surface area (Å²) < 4.78 is 6.44. The highest BCUT2D eigenvalue weighted by Crippen LogP contribution is 2.48. The Bertz CT molecular complexity index is 520. The molecule has 1 heterocycles. The van der Waals surface area contributed by atoms with E-state index in [0.717, 1.165) is 24.5 Å². The van der Waals surface area contributed by atoms with Crippen molar-refractivity contribution in [1.29, 1.82) is 0 Å². The minimum Gasteiger partial charge on any atom is -0.487 e. The molecule has 2 unspecified atom stereocenters. The fourth-order valence-corrected chi connectivity index (χ4v) is 4.44. The summed E-state index contributed by atoms with van der Waals surface area (Å²) in [6.07, 6.45) is 9.54. The molecule has 4 rings (SSSR count). The molecule has 0 radical (unpaired) electrons. The molecule has 3 nitrogen and oxygen atoms in total. The fraction of sp³-hybridized carbons (Fsp3) is 0.684. The van der Waals surface area contributed by atoms with Crippen molar-refractivity contribution >= 4 is 0 Å². The number of aliphatic hydroxyl groups is 1. The third kappa shape index (κ3) is 2.77. The number of aliphatic hydroxyl groups excluding tert-OH is 1. The van der Waals surface area contributed by atoms with Crippen molar-refractivity contribution in [1.82, 2.24) is 5.32 Å². The lowest BCUT2D eigenvalue weighted by atomic mass is 9.85. The van der Waals surface area contributed by atoms with Crippen LogP contribution in [0.4, 0.5) is 0 Å². The molecule has 2 N–H and O–H groups in total. The number of fused-ring (bicyclic) bond motifs is 1. The van der Waals surface area contributed by atoms with Crippen molar-refractivity contribution < 1.29 is 9.84 Å². The Kier molecular flexibility index (Phi) is 3.87. The molecule has 2 fully saturated rings. The quantitative estimate of drug-likeness (QED) is 0.873. The zero-order valence-corrected chi connectivity index (χ0v) is 13.3. The predicted molar refractivity (Wildman–Crippen MR) is 87.0 cm³/mol. The Morgan fingerprint density at radius 1 is 1.23 bits per heavy atom. The van der Waals surface area contributed by atoms with Gasteiger partial charge in [0, 0.05) is 30.7 Å². The second kappa shape index (κ2) is 5.86. The van der Waals surface area contributed by atoms with Crippen molar-refractivity contribution in [2.75, 3.05) is 6.61 Å². The van der Waals surface area contributed by atoms with Crippen molar-refractivity contribution in [2.24, 2.45) is 5.92 Å². The third-order valence-corrected chi connectivity index (χ3v) is 5.76. The molecule has 3 aliphatic rings. The van der Waals surface area contributed by atoms with Crippen LogP contribution in [0.5, 0.6) is 5.75 Å². The van der Waals surface area contributed by atoms with E-state index in [1.807, 2.05) is 0 Å². The van der Waals surface area contributed by atoms with E-state index in [9.17, 15) is 5.11 Å². The first-order valence-corrected chi connectivity index (χ1v) is 8.94. The van der Waals surface area contributed by atoms with Crippen molar-refractivity contribution in [3.8, 4) is 5.75 Å². The van der Waals surface area contributed by atoms with E-state index in [4.69, 9.17) is 4.74 Å². The lowest BCUT2D eigenvalue weighted by Gasteiger charge is -2.41. The zero-order valence-electron chi connectivity index (χ0n) is 13.3. The first-order chi connectivity index (χ1) is 10.8. The molecular formula is C19H27NO2. The summed E-state index contributed by atoms with van der Waals surface area (Å²) in [6.45, 7) is 0.282. The molecule has 0 amide bonds. The summed E-state index contributed by atoms with van der Waals surface area (Å²) in [5.41, 5.74) is 1.36. The second-order valence-electron chi connectivity index (χ2n) is 7.41. The van der Waals surface area contributed by atoms with Crippen LogP contribution < -0.4 is 10.1 Å². The summed E-state index contributed by atoms with van der Waals surface area (Å²) in [6, 6.07) is 9.36. The minimum atomic E-state index is 0.0549. The highest BCUT2D eigenvalue weighted by molar-refractivity contribution is 5.39. The summed E-state index contributed by atoms with van der Waals surface area (Å²) >= 11 is 0. The summed E-state index contributed by atoms with van der Waals surface area (Å²) in [4.78, 5) is 0. The average Bonchev–Trinajstić information content (AvgIpc) is 3.29. The smallest absolute Gasteiger partial charge is 0.124 e. The standard InChI is InChI=1S/C19H27NO2/c21-12-9-16(14-7-8-14)20-17-13-19(10-3-4-11-19)22-18-6-2-1-5-15(17)18/h1-2,5-6,14,16-17,20-21H,3-4,7-13H2. The molecule has 1 aromatic carbocycles. The lowest BCUT2D eigenvalue weighted by molar-refractivity contribution is 0.0336. The van der Waals surface area contributed by atoms with Gasteiger partial charge in [-0.3, -0.25) is 0 Å². The number of nitrogens with one attached hydrogen (secondary N) is 1. The van der Waals surface area contributed by atoms with Crippen molar-refractivity contribution in [2.45, 2.75) is 69.1 Å². The van der Waals surface area contributed by atoms with E-state index in [1.165, 1.54) is 44.1 Å². The van der Waals surface area contributed by atoms with Crippen molar-refractivity contribution in [3.63, 3.8) is 0 Å². The van der Waals surface area contributed by atoms with Gasteiger partial charge in [0.25, 0.3) is 0 Å². The van der Waals surface area contributed by atoms with Gasteiger partial charge in [0.1, 0.15) is 11.4 Å². The minimum absolute atomic E-state index is 0.0549. The Balaban J connectivity index is 1.59. The zero-order chi connectivity index (χ0) is 15.0. The van der Waals surface area contributed by atoms with Crippen LogP contribution in [0.3, 0.4) is 0 Å². The van der Waals surface area contributed by atoms with Crippen LogP contribution in [0.15, 0.2) is 24.3 Å². The molecule has 2 atom stereocenters. The molecule has 22 heavy (non-hydrogen) atoms. The van der Waals surface area contributed by atoms with Crippen LogP contribution in [-0.2, 0) is 0 Å². The maximum absolute atomic E-state index is 9.38. The van der Waals surface area contributed by atoms with E-state index in [2.05, 4.69) is 29.6 Å². The summed E-state index contributed by atoms with van der Waals surface area (Å²) in [5, 5.41) is 13.3. The first-order valence-electron chi connectivity index (χ1n) is 8.94. The molecule has 3 heteroatoms. The number of hydrogen-bond donors (Lipinski definition) is 2. The maximum atomic E-state index is 9.38. The van der Waals surface area contributed by atoms with Gasteiger partial charge < -0.3 is 15.2 Å². The Morgan fingerprint density at radius 3 is 2.73 bits per heavy atom. The molecule has 1 aromatic rings. The van der Waals surface area contributed by atoms with Crippen molar-refractivity contribution in [3.05, 3.63) is 29.8 Å². The number of rotatable bonds is 5. The van der Waals surface area contributed by atoms with Crippen LogP contribution in [-0.4, -0.2) is 23.4 Å². The molecule has 1 spiro atoms. The SMILES string of the molecule is OCCC(NC1CC2(CCCC2)Oc2ccccc21)C1CC1. The Labute approximate surface area is 133 Å². The first kappa shape index (κ1) is 14.5. The Hall–Kier alpha value is -1.06. The molecule has 2 aliphatic carbocycles. The van der Waals surface area contributed by atoms with Crippen LogP contribution in [0.1, 0.15) is 63.0 Å². The van der Waals surface area contributed by atoms with Gasteiger partial charge in [0.15, 0.2) is 0 Å². The summed E-state index contributed by atoms with van der Waals surface area (Å²) in [5.74, 6) is 1.84. The highest BCUT2D eigenvalue weighted by Gasteiger charge is 2.44. The van der Waals surface area contributed by atoms with Gasteiger partial charge in [-0.2, -0.15) is 0 Å². The lowest BCUT2D eigenvalue weighted by Crippen LogP contribution is -2.45. The molecule has 0 aromatic heterocycles. The molecule has 0 bridgehead atoms. The van der Waals surface area contributed by atoms with Gasteiger partial charge >= 0.3 is 0 Å². The van der Waals surface area contributed by atoms with E-state index < -0.39 is 0 Å². The number of benzene rings is 1. The van der Waals surface area contributed by atoms with Gasteiger partial charge in [-0.05, 0) is 56.9 Å². The van der Waals surface area contributed by atoms with E-state index in [0.29, 0.717) is 12.1 Å². The fourth-order valence-electron chi connectivity index (χ4n) is 4.44. The number of para-hydroxylation sites is 1. The van der Waals surface area contributed by atoms with Crippen LogP contribution in [0.25, 0.3) is 0 Å². The van der Waals surface area contributed by atoms with Gasteiger partial charge in [-0.15, -0.1) is 0 Å². The van der Waals surface area contributed by atoms with Gasteiger partial charge in [-0.1, -0.05) is 18.2 Å². The van der Waals surface area contributed by atoms with Crippen LogP contribution >= 0.6 is 0 Å². The van der Waals surface area contributed by atoms with Gasteiger partial charge in [0.2, 0.25) is 0 Å². The average molecular weight is 301 g/mol. The van der Waals surface area contributed by atoms with E-state index in [1.54, 1.807) is 0 Å². The third-order valence-electron chi connectivity index (χ3n) is 5.76. The molecule has 2 saturated carbocycles. The van der Waals surface area contributed by atoms with Gasteiger partial charge in [-0.25, -0.2) is 0 Å². The highest BCUT2D eigenvalue weighted by atomic mass is 16.5. The topological polar surface area (TPSA) is 41.5 Å². The Morgan fingerprint density at radius 2 is 2.00 bits per heavy atom. The van der Waals surface area contributed by atoms with Crippen LogP contribution in [0, 0.1) is 5.92 Å².